The number of nitrogens with zero attached hydrogens (tertiary/aromatic N) is 1. The number of phenols is 1. The zero-order valence-corrected chi connectivity index (χ0v) is 12.3. The maximum atomic E-state index is 9.67. The lowest BCUT2D eigenvalue weighted by Crippen LogP contribution is -2.56. The Morgan fingerprint density at radius 1 is 1.35 bits per heavy atom. The normalized spacial score (nSPS) is 30.2. The van der Waals surface area contributed by atoms with Crippen LogP contribution in [0.15, 0.2) is 18.2 Å². The molecule has 0 saturated carbocycles. The predicted octanol–water partition coefficient (Wildman–Crippen LogP) is 2.15. The van der Waals surface area contributed by atoms with Crippen molar-refractivity contribution in [2.45, 2.75) is 31.8 Å². The Morgan fingerprint density at radius 3 is 2.70 bits per heavy atom. The first kappa shape index (κ1) is 13.7. The second kappa shape index (κ2) is 5.62. The SMILES string of the molecule is COc1cc(C(C)NC2CN3CCC2CC3)ccc1O. The molecule has 3 aliphatic heterocycles. The van der Waals surface area contributed by atoms with E-state index in [1.54, 1.807) is 13.2 Å². The molecule has 4 rings (SSSR count). The van der Waals surface area contributed by atoms with Crippen LogP contribution in [0.5, 0.6) is 11.5 Å². The highest BCUT2D eigenvalue weighted by atomic mass is 16.5. The molecular formula is C16H24N2O2. The summed E-state index contributed by atoms with van der Waals surface area (Å²) < 4.78 is 5.19. The molecule has 4 nitrogen and oxygen atoms in total. The van der Waals surface area contributed by atoms with Gasteiger partial charge in [-0.15, -0.1) is 0 Å². The van der Waals surface area contributed by atoms with E-state index in [1.165, 1.54) is 32.5 Å². The number of ether oxygens (including phenoxy) is 1. The topological polar surface area (TPSA) is 44.7 Å². The first-order valence-corrected chi connectivity index (χ1v) is 7.52. The zero-order chi connectivity index (χ0) is 14.1. The van der Waals surface area contributed by atoms with Crippen LogP contribution in [0, 0.1) is 5.92 Å². The van der Waals surface area contributed by atoms with Gasteiger partial charge >= 0.3 is 0 Å². The fraction of sp³-hybridized carbons (Fsp3) is 0.625. The second-order valence-corrected chi connectivity index (χ2v) is 6.06. The van der Waals surface area contributed by atoms with Gasteiger partial charge in [-0.2, -0.15) is 0 Å². The Bertz CT molecular complexity index is 470. The number of hydrogen-bond acceptors (Lipinski definition) is 4. The van der Waals surface area contributed by atoms with Gasteiger partial charge in [0, 0.05) is 18.6 Å². The van der Waals surface area contributed by atoms with Gasteiger partial charge in [-0.25, -0.2) is 0 Å². The number of hydrogen-bond donors (Lipinski definition) is 2. The van der Waals surface area contributed by atoms with Gasteiger partial charge in [0.25, 0.3) is 0 Å². The first-order chi connectivity index (χ1) is 9.67. The molecular weight excluding hydrogens is 252 g/mol. The summed E-state index contributed by atoms with van der Waals surface area (Å²) in [6, 6.07) is 6.47. The maximum Gasteiger partial charge on any atom is 0.160 e. The van der Waals surface area contributed by atoms with Crippen molar-refractivity contribution in [1.82, 2.24) is 10.2 Å². The number of aromatic hydroxyl groups is 1. The van der Waals surface area contributed by atoms with Crippen LogP contribution in [-0.4, -0.2) is 42.8 Å². The highest BCUT2D eigenvalue weighted by molar-refractivity contribution is 5.42. The van der Waals surface area contributed by atoms with Gasteiger partial charge in [0.15, 0.2) is 11.5 Å². The third-order valence-electron chi connectivity index (χ3n) is 4.82. The summed E-state index contributed by atoms with van der Waals surface area (Å²) in [5, 5.41) is 13.4. The van der Waals surface area contributed by atoms with E-state index in [9.17, 15) is 5.11 Å². The Balaban J connectivity index is 1.68. The highest BCUT2D eigenvalue weighted by Crippen LogP contribution is 2.31. The van der Waals surface area contributed by atoms with E-state index in [-0.39, 0.29) is 11.8 Å². The van der Waals surface area contributed by atoms with Crippen molar-refractivity contribution in [3.05, 3.63) is 23.8 Å². The monoisotopic (exact) mass is 276 g/mol. The summed E-state index contributed by atoms with van der Waals surface area (Å²) in [5.41, 5.74) is 1.16. The molecule has 3 heterocycles. The number of nitrogens with one attached hydrogen (secondary N) is 1. The largest absolute Gasteiger partial charge is 0.504 e. The predicted molar refractivity (Wildman–Crippen MR) is 79.2 cm³/mol. The Labute approximate surface area is 120 Å². The van der Waals surface area contributed by atoms with E-state index in [2.05, 4.69) is 17.1 Å². The van der Waals surface area contributed by atoms with Crippen LogP contribution in [0.2, 0.25) is 0 Å². The van der Waals surface area contributed by atoms with Crippen LogP contribution >= 0.6 is 0 Å². The molecule has 0 aromatic heterocycles. The van der Waals surface area contributed by atoms with Crippen LogP contribution in [0.25, 0.3) is 0 Å². The summed E-state index contributed by atoms with van der Waals surface area (Å²) in [4.78, 5) is 2.56. The molecule has 2 unspecified atom stereocenters. The van der Waals surface area contributed by atoms with E-state index >= 15 is 0 Å². The van der Waals surface area contributed by atoms with Gasteiger partial charge in [-0.1, -0.05) is 6.07 Å². The fourth-order valence-electron chi connectivity index (χ4n) is 3.53. The van der Waals surface area contributed by atoms with Crippen LogP contribution in [-0.2, 0) is 0 Å². The van der Waals surface area contributed by atoms with E-state index in [0.29, 0.717) is 11.8 Å². The molecule has 4 heteroatoms. The van der Waals surface area contributed by atoms with Gasteiger partial charge in [-0.3, -0.25) is 0 Å². The van der Waals surface area contributed by atoms with Gasteiger partial charge in [0.05, 0.1) is 7.11 Å². The van der Waals surface area contributed by atoms with Crippen molar-refractivity contribution in [1.29, 1.82) is 0 Å². The Hall–Kier alpha value is -1.26. The lowest BCUT2D eigenvalue weighted by molar-refractivity contribution is 0.0680. The molecule has 2 bridgehead atoms. The molecule has 110 valence electrons. The number of rotatable bonds is 4. The van der Waals surface area contributed by atoms with Crippen molar-refractivity contribution >= 4 is 0 Å². The molecule has 0 aliphatic carbocycles. The molecule has 3 aliphatic rings. The third-order valence-corrected chi connectivity index (χ3v) is 4.82. The number of benzene rings is 1. The van der Waals surface area contributed by atoms with Gasteiger partial charge in [0.1, 0.15) is 0 Å². The van der Waals surface area contributed by atoms with Crippen molar-refractivity contribution in [3.8, 4) is 11.5 Å². The van der Waals surface area contributed by atoms with Crippen LogP contribution < -0.4 is 10.1 Å². The summed E-state index contributed by atoms with van der Waals surface area (Å²) in [7, 11) is 1.59. The van der Waals surface area contributed by atoms with Crippen LogP contribution in [0.4, 0.5) is 0 Å². The number of fused-ring (bicyclic) bond motifs is 3. The third kappa shape index (κ3) is 2.63. The molecule has 0 radical (unpaired) electrons. The van der Waals surface area contributed by atoms with E-state index in [1.807, 2.05) is 12.1 Å². The molecule has 3 fully saturated rings. The maximum absolute atomic E-state index is 9.67. The molecule has 3 saturated heterocycles. The minimum Gasteiger partial charge on any atom is -0.504 e. The average Bonchev–Trinajstić information content (AvgIpc) is 2.49. The molecule has 2 N–H and O–H groups in total. The van der Waals surface area contributed by atoms with Gasteiger partial charge < -0.3 is 20.1 Å². The highest BCUT2D eigenvalue weighted by Gasteiger charge is 2.34. The van der Waals surface area contributed by atoms with Crippen LogP contribution in [0.1, 0.15) is 31.4 Å². The molecule has 20 heavy (non-hydrogen) atoms. The summed E-state index contributed by atoms with van der Waals surface area (Å²) in [5.74, 6) is 1.57. The lowest BCUT2D eigenvalue weighted by Gasteiger charge is -2.46. The molecule has 0 amide bonds. The summed E-state index contributed by atoms with van der Waals surface area (Å²) >= 11 is 0. The standard InChI is InChI=1S/C16H24N2O2/c1-11(13-3-4-15(19)16(9-13)20-2)17-14-10-18-7-5-12(14)6-8-18/h3-4,9,11-12,14,17,19H,5-8,10H2,1-2H3. The van der Waals surface area contributed by atoms with Gasteiger partial charge in [-0.05, 0) is 56.5 Å². The Morgan fingerprint density at radius 2 is 2.10 bits per heavy atom. The van der Waals surface area contributed by atoms with Gasteiger partial charge in [0.2, 0.25) is 0 Å². The minimum atomic E-state index is 0.200. The molecule has 1 aromatic rings. The van der Waals surface area contributed by atoms with Crippen molar-refractivity contribution in [2.75, 3.05) is 26.7 Å². The van der Waals surface area contributed by atoms with E-state index in [0.717, 1.165) is 11.5 Å². The van der Waals surface area contributed by atoms with Crippen molar-refractivity contribution < 1.29 is 9.84 Å². The summed E-state index contributed by atoms with van der Waals surface area (Å²) in [6.07, 6.45) is 2.65. The quantitative estimate of drug-likeness (QED) is 0.884. The fourth-order valence-corrected chi connectivity index (χ4v) is 3.53. The van der Waals surface area contributed by atoms with E-state index < -0.39 is 0 Å². The number of piperidine rings is 3. The van der Waals surface area contributed by atoms with Crippen LogP contribution in [0.3, 0.4) is 0 Å². The molecule has 0 spiro atoms. The molecule has 2 atom stereocenters. The summed E-state index contributed by atoms with van der Waals surface area (Å²) in [6.45, 7) is 5.89. The zero-order valence-electron chi connectivity index (χ0n) is 12.3. The van der Waals surface area contributed by atoms with Crippen molar-refractivity contribution in [2.24, 2.45) is 5.92 Å². The molecule has 1 aromatic carbocycles. The average molecular weight is 276 g/mol. The second-order valence-electron chi connectivity index (χ2n) is 6.06. The van der Waals surface area contributed by atoms with Crippen molar-refractivity contribution in [3.63, 3.8) is 0 Å². The Kier molecular flexibility index (Phi) is 3.85. The van der Waals surface area contributed by atoms with E-state index in [4.69, 9.17) is 4.74 Å². The smallest absolute Gasteiger partial charge is 0.160 e. The lowest BCUT2D eigenvalue weighted by atomic mass is 9.83. The number of methoxy groups -OCH3 is 1. The minimum absolute atomic E-state index is 0.200. The first-order valence-electron chi connectivity index (χ1n) is 7.52. The number of phenolic OH excluding ortho intramolecular Hbond substituents is 1.